The molecular formula is C12H12N2O3. The smallest absolute Gasteiger partial charge is 0.353 e. The van der Waals surface area contributed by atoms with Crippen LogP contribution in [-0.2, 0) is 6.42 Å². The van der Waals surface area contributed by atoms with E-state index in [1.807, 2.05) is 13.0 Å². The molecule has 1 aromatic heterocycles. The van der Waals surface area contributed by atoms with Crippen molar-refractivity contribution in [1.29, 1.82) is 0 Å². The number of nitrogens with one attached hydrogen (secondary N) is 1. The molecule has 0 radical (unpaired) electrons. The number of phenolic OH excluding ortho intramolecular Hbond substituents is 1. The van der Waals surface area contributed by atoms with Gasteiger partial charge in [-0.3, -0.25) is 5.10 Å². The van der Waals surface area contributed by atoms with Crippen LogP contribution in [0.1, 0.15) is 23.0 Å². The van der Waals surface area contributed by atoms with Gasteiger partial charge in [-0.15, -0.1) is 0 Å². The van der Waals surface area contributed by atoms with Crippen LogP contribution < -0.4 is 0 Å². The van der Waals surface area contributed by atoms with Gasteiger partial charge in [0.2, 0.25) is 0 Å². The van der Waals surface area contributed by atoms with Gasteiger partial charge in [0, 0.05) is 5.56 Å². The number of aromatic hydroxyl groups is 1. The maximum atomic E-state index is 10.7. The second-order valence-corrected chi connectivity index (χ2v) is 3.68. The van der Waals surface area contributed by atoms with E-state index in [1.54, 1.807) is 12.1 Å². The van der Waals surface area contributed by atoms with E-state index in [1.165, 1.54) is 6.07 Å². The number of carboxylic acids is 1. The van der Waals surface area contributed by atoms with Crippen LogP contribution >= 0.6 is 0 Å². The Bertz CT molecular complexity index is 561. The summed E-state index contributed by atoms with van der Waals surface area (Å²) in [6.07, 6.45) is 0.837. The van der Waals surface area contributed by atoms with E-state index in [-0.39, 0.29) is 11.4 Å². The minimum atomic E-state index is -1.07. The zero-order valence-corrected chi connectivity index (χ0v) is 9.27. The molecule has 0 atom stereocenters. The fourth-order valence-electron chi connectivity index (χ4n) is 1.58. The molecule has 0 saturated heterocycles. The number of benzene rings is 1. The highest BCUT2D eigenvalue weighted by atomic mass is 16.4. The maximum Gasteiger partial charge on any atom is 0.353 e. The molecule has 0 fully saturated rings. The summed E-state index contributed by atoms with van der Waals surface area (Å²) in [6, 6.07) is 6.61. The zero-order valence-electron chi connectivity index (χ0n) is 9.27. The number of aromatic nitrogens is 2. The third-order valence-corrected chi connectivity index (χ3v) is 2.55. The van der Waals surface area contributed by atoms with E-state index in [4.69, 9.17) is 5.11 Å². The van der Waals surface area contributed by atoms with Crippen molar-refractivity contribution in [2.45, 2.75) is 13.3 Å². The molecule has 3 N–H and O–H groups in total. The van der Waals surface area contributed by atoms with Gasteiger partial charge in [0.05, 0.1) is 5.69 Å². The van der Waals surface area contributed by atoms with Crippen molar-refractivity contribution in [2.75, 3.05) is 0 Å². The summed E-state index contributed by atoms with van der Waals surface area (Å²) in [7, 11) is 0. The molecule has 0 saturated carbocycles. The fourth-order valence-corrected chi connectivity index (χ4v) is 1.58. The molecule has 0 aliphatic heterocycles. The molecule has 5 heteroatoms. The van der Waals surface area contributed by atoms with Gasteiger partial charge in [0.25, 0.3) is 0 Å². The van der Waals surface area contributed by atoms with Crippen LogP contribution in [0.4, 0.5) is 0 Å². The SMILES string of the molecule is CCc1ccc(O)c(-c2cc(C(=O)O)[nH]n2)c1. The highest BCUT2D eigenvalue weighted by Crippen LogP contribution is 2.29. The predicted molar refractivity (Wildman–Crippen MR) is 62.0 cm³/mol. The number of rotatable bonds is 3. The van der Waals surface area contributed by atoms with E-state index >= 15 is 0 Å². The van der Waals surface area contributed by atoms with Crippen LogP contribution in [0, 0.1) is 0 Å². The van der Waals surface area contributed by atoms with Crippen LogP contribution in [0.2, 0.25) is 0 Å². The minimum Gasteiger partial charge on any atom is -0.507 e. The topological polar surface area (TPSA) is 86.2 Å². The molecule has 17 heavy (non-hydrogen) atoms. The second-order valence-electron chi connectivity index (χ2n) is 3.68. The first-order valence-electron chi connectivity index (χ1n) is 5.22. The van der Waals surface area contributed by atoms with Crippen molar-refractivity contribution in [3.63, 3.8) is 0 Å². The van der Waals surface area contributed by atoms with Crippen LogP contribution in [0.15, 0.2) is 24.3 Å². The van der Waals surface area contributed by atoms with Crippen molar-refractivity contribution in [2.24, 2.45) is 0 Å². The summed E-state index contributed by atoms with van der Waals surface area (Å²) < 4.78 is 0. The molecule has 0 amide bonds. The van der Waals surface area contributed by atoms with Crippen molar-refractivity contribution >= 4 is 5.97 Å². The Hall–Kier alpha value is -2.30. The predicted octanol–water partition coefficient (Wildman–Crippen LogP) is 2.04. The normalized spacial score (nSPS) is 10.4. The summed E-state index contributed by atoms with van der Waals surface area (Å²) >= 11 is 0. The van der Waals surface area contributed by atoms with Gasteiger partial charge in [-0.05, 0) is 30.2 Å². The molecule has 1 heterocycles. The number of phenols is 1. The minimum absolute atomic E-state index is 0.00121. The highest BCUT2D eigenvalue weighted by molar-refractivity contribution is 5.87. The van der Waals surface area contributed by atoms with Crippen LogP contribution in [0.25, 0.3) is 11.3 Å². The quantitative estimate of drug-likeness (QED) is 0.755. The summed E-state index contributed by atoms with van der Waals surface area (Å²) in [5.41, 5.74) is 2.02. The first-order valence-corrected chi connectivity index (χ1v) is 5.22. The molecule has 2 rings (SSSR count). The fraction of sp³-hybridized carbons (Fsp3) is 0.167. The molecule has 0 bridgehead atoms. The van der Waals surface area contributed by atoms with Crippen LogP contribution in [0.5, 0.6) is 5.75 Å². The molecule has 0 spiro atoms. The third kappa shape index (κ3) is 2.13. The monoisotopic (exact) mass is 232 g/mol. The number of carbonyl (C=O) groups is 1. The Morgan fingerprint density at radius 3 is 2.76 bits per heavy atom. The molecule has 0 aliphatic rings. The molecule has 5 nitrogen and oxygen atoms in total. The van der Waals surface area contributed by atoms with Gasteiger partial charge in [-0.25, -0.2) is 4.79 Å². The van der Waals surface area contributed by atoms with Gasteiger partial charge in [-0.2, -0.15) is 5.10 Å². The third-order valence-electron chi connectivity index (χ3n) is 2.55. The maximum absolute atomic E-state index is 10.7. The first kappa shape index (κ1) is 11.2. The molecule has 0 aliphatic carbocycles. The molecular weight excluding hydrogens is 220 g/mol. The lowest BCUT2D eigenvalue weighted by atomic mass is 10.1. The Morgan fingerprint density at radius 2 is 2.18 bits per heavy atom. The van der Waals surface area contributed by atoms with Crippen molar-refractivity contribution in [3.05, 3.63) is 35.5 Å². The summed E-state index contributed by atoms with van der Waals surface area (Å²) in [6.45, 7) is 2.00. The Kier molecular flexibility index (Phi) is 2.82. The number of aromatic carboxylic acids is 1. The molecule has 1 aromatic carbocycles. The lowest BCUT2D eigenvalue weighted by Crippen LogP contribution is -1.95. The van der Waals surface area contributed by atoms with E-state index in [0.29, 0.717) is 11.3 Å². The molecule has 0 unspecified atom stereocenters. The number of aromatic amines is 1. The number of H-pyrrole nitrogens is 1. The van der Waals surface area contributed by atoms with Gasteiger partial charge in [0.15, 0.2) is 0 Å². The van der Waals surface area contributed by atoms with Gasteiger partial charge >= 0.3 is 5.97 Å². The van der Waals surface area contributed by atoms with E-state index < -0.39 is 5.97 Å². The van der Waals surface area contributed by atoms with Crippen LogP contribution in [-0.4, -0.2) is 26.4 Å². The van der Waals surface area contributed by atoms with Crippen LogP contribution in [0.3, 0.4) is 0 Å². The molecule has 88 valence electrons. The number of nitrogens with zero attached hydrogens (tertiary/aromatic N) is 1. The van der Waals surface area contributed by atoms with Gasteiger partial charge in [-0.1, -0.05) is 13.0 Å². The van der Waals surface area contributed by atoms with E-state index in [2.05, 4.69) is 10.2 Å². The average molecular weight is 232 g/mol. The van der Waals surface area contributed by atoms with Crippen molar-refractivity contribution in [1.82, 2.24) is 10.2 Å². The van der Waals surface area contributed by atoms with Gasteiger partial charge in [0.1, 0.15) is 11.4 Å². The van der Waals surface area contributed by atoms with Crippen molar-refractivity contribution in [3.8, 4) is 17.0 Å². The highest BCUT2D eigenvalue weighted by Gasteiger charge is 2.12. The number of carboxylic acid groups (broad SMARTS) is 1. The Morgan fingerprint density at radius 1 is 1.41 bits per heavy atom. The Balaban J connectivity index is 2.47. The number of hydrogen-bond donors (Lipinski definition) is 3. The van der Waals surface area contributed by atoms with E-state index in [0.717, 1.165) is 12.0 Å². The van der Waals surface area contributed by atoms with Crippen molar-refractivity contribution < 1.29 is 15.0 Å². The summed E-state index contributed by atoms with van der Waals surface area (Å²) in [5.74, 6) is -0.986. The number of aryl methyl sites for hydroxylation is 1. The average Bonchev–Trinajstić information content (AvgIpc) is 2.79. The summed E-state index contributed by atoms with van der Waals surface area (Å²) in [5, 5.41) is 24.8. The largest absolute Gasteiger partial charge is 0.507 e. The molecule has 2 aromatic rings. The first-order chi connectivity index (χ1) is 8.11. The lowest BCUT2D eigenvalue weighted by molar-refractivity contribution is 0.0690. The zero-order chi connectivity index (χ0) is 12.4. The second kappa shape index (κ2) is 4.29. The number of hydrogen-bond acceptors (Lipinski definition) is 3. The standard InChI is InChI=1S/C12H12N2O3/c1-2-7-3-4-11(15)8(5-7)9-6-10(12(16)17)14-13-9/h3-6,15H,2H2,1H3,(H,13,14)(H,16,17). The van der Waals surface area contributed by atoms with Gasteiger partial charge < -0.3 is 10.2 Å². The van der Waals surface area contributed by atoms with E-state index in [9.17, 15) is 9.90 Å². The lowest BCUT2D eigenvalue weighted by Gasteiger charge is -2.03. The summed E-state index contributed by atoms with van der Waals surface area (Å²) in [4.78, 5) is 10.7. The Labute approximate surface area is 97.7 Å².